The lowest BCUT2D eigenvalue weighted by atomic mass is 10.2. The number of carboxylic acids is 1. The maximum absolute atomic E-state index is 12.1. The zero-order valence-electron chi connectivity index (χ0n) is 10.8. The molecule has 100 valence electrons. The van der Waals surface area contributed by atoms with Crippen LogP contribution in [0.3, 0.4) is 0 Å². The SMILES string of the molecule is CC(CC#N)N(C)C(=O)N(CC(=O)O)CC1CC1. The molecule has 6 heteroatoms. The largest absolute Gasteiger partial charge is 0.480 e. The van der Waals surface area contributed by atoms with Gasteiger partial charge in [0.05, 0.1) is 12.5 Å². The van der Waals surface area contributed by atoms with E-state index in [0.717, 1.165) is 12.8 Å². The number of hydrogen-bond acceptors (Lipinski definition) is 3. The number of rotatable bonds is 6. The van der Waals surface area contributed by atoms with E-state index in [-0.39, 0.29) is 25.0 Å². The van der Waals surface area contributed by atoms with Crippen molar-refractivity contribution < 1.29 is 14.7 Å². The minimum absolute atomic E-state index is 0.210. The molecule has 0 radical (unpaired) electrons. The van der Waals surface area contributed by atoms with Crippen molar-refractivity contribution in [1.29, 1.82) is 5.26 Å². The zero-order chi connectivity index (χ0) is 13.7. The Balaban J connectivity index is 2.61. The van der Waals surface area contributed by atoms with E-state index in [0.29, 0.717) is 12.5 Å². The molecule has 0 aromatic rings. The Morgan fingerprint density at radius 3 is 2.56 bits per heavy atom. The number of amides is 2. The van der Waals surface area contributed by atoms with E-state index in [1.807, 2.05) is 6.07 Å². The molecule has 1 aliphatic carbocycles. The van der Waals surface area contributed by atoms with Crippen molar-refractivity contribution in [2.24, 2.45) is 5.92 Å². The van der Waals surface area contributed by atoms with Crippen molar-refractivity contribution in [3.63, 3.8) is 0 Å². The van der Waals surface area contributed by atoms with E-state index in [9.17, 15) is 9.59 Å². The molecule has 1 unspecified atom stereocenters. The summed E-state index contributed by atoms with van der Waals surface area (Å²) in [5, 5.41) is 17.4. The van der Waals surface area contributed by atoms with Gasteiger partial charge in [0.25, 0.3) is 0 Å². The molecule has 18 heavy (non-hydrogen) atoms. The number of carboxylic acid groups (broad SMARTS) is 1. The molecule has 2 amide bonds. The molecule has 0 spiro atoms. The van der Waals surface area contributed by atoms with E-state index < -0.39 is 5.97 Å². The number of hydrogen-bond donors (Lipinski definition) is 1. The van der Waals surface area contributed by atoms with Crippen LogP contribution in [-0.2, 0) is 4.79 Å². The van der Waals surface area contributed by atoms with Gasteiger partial charge in [-0.3, -0.25) is 4.79 Å². The van der Waals surface area contributed by atoms with Crippen LogP contribution in [-0.4, -0.2) is 53.1 Å². The molecule has 1 atom stereocenters. The number of carbonyl (C=O) groups excluding carboxylic acids is 1. The Kier molecular flexibility index (Phi) is 4.95. The molecule has 6 nitrogen and oxygen atoms in total. The molecule has 0 aliphatic heterocycles. The summed E-state index contributed by atoms with van der Waals surface area (Å²) in [5.74, 6) is -0.571. The molecule has 0 saturated heterocycles. The third-order valence-electron chi connectivity index (χ3n) is 3.12. The molecular formula is C12H19N3O3. The fourth-order valence-electron chi connectivity index (χ4n) is 1.67. The highest BCUT2D eigenvalue weighted by Gasteiger charge is 2.30. The van der Waals surface area contributed by atoms with Crippen LogP contribution in [0, 0.1) is 17.2 Å². The van der Waals surface area contributed by atoms with Crippen LogP contribution in [0.15, 0.2) is 0 Å². The normalized spacial score (nSPS) is 15.6. The van der Waals surface area contributed by atoms with Crippen molar-refractivity contribution >= 4 is 12.0 Å². The molecular weight excluding hydrogens is 234 g/mol. The van der Waals surface area contributed by atoms with Gasteiger partial charge in [0, 0.05) is 19.6 Å². The van der Waals surface area contributed by atoms with E-state index >= 15 is 0 Å². The van der Waals surface area contributed by atoms with E-state index in [1.54, 1.807) is 14.0 Å². The van der Waals surface area contributed by atoms with Gasteiger partial charge in [0.1, 0.15) is 6.54 Å². The summed E-state index contributed by atoms with van der Waals surface area (Å²) >= 11 is 0. The van der Waals surface area contributed by atoms with Crippen LogP contribution in [0.5, 0.6) is 0 Å². The van der Waals surface area contributed by atoms with Crippen LogP contribution in [0.4, 0.5) is 4.79 Å². The first-order valence-electron chi connectivity index (χ1n) is 6.06. The van der Waals surface area contributed by atoms with E-state index in [4.69, 9.17) is 10.4 Å². The topological polar surface area (TPSA) is 84.6 Å². The second-order valence-corrected chi connectivity index (χ2v) is 4.82. The quantitative estimate of drug-likeness (QED) is 0.769. The Morgan fingerprint density at radius 1 is 1.50 bits per heavy atom. The zero-order valence-corrected chi connectivity index (χ0v) is 10.8. The standard InChI is InChI=1S/C12H19N3O3/c1-9(5-6-13)14(2)12(18)15(8-11(16)17)7-10-3-4-10/h9-10H,3-5,7-8H2,1-2H3,(H,16,17). The predicted molar refractivity (Wildman–Crippen MR) is 64.8 cm³/mol. The minimum atomic E-state index is -1.01. The van der Waals surface area contributed by atoms with Crippen LogP contribution >= 0.6 is 0 Å². The summed E-state index contributed by atoms with van der Waals surface area (Å²) in [6, 6.07) is 1.48. The lowest BCUT2D eigenvalue weighted by Gasteiger charge is -2.30. The third-order valence-corrected chi connectivity index (χ3v) is 3.12. The third kappa shape index (κ3) is 4.24. The molecule has 1 rings (SSSR count). The molecule has 0 bridgehead atoms. The molecule has 1 saturated carbocycles. The molecule has 0 aromatic carbocycles. The first kappa shape index (κ1) is 14.3. The van der Waals surface area contributed by atoms with Gasteiger partial charge in [0.2, 0.25) is 0 Å². The van der Waals surface area contributed by atoms with Crippen molar-refractivity contribution in [1.82, 2.24) is 9.80 Å². The fraction of sp³-hybridized carbons (Fsp3) is 0.750. The van der Waals surface area contributed by atoms with Crippen LogP contribution in [0.25, 0.3) is 0 Å². The van der Waals surface area contributed by atoms with Crippen molar-refractivity contribution in [2.45, 2.75) is 32.2 Å². The van der Waals surface area contributed by atoms with Gasteiger partial charge in [-0.05, 0) is 25.7 Å². The highest BCUT2D eigenvalue weighted by Crippen LogP contribution is 2.30. The molecule has 1 fully saturated rings. The summed E-state index contributed by atoms with van der Waals surface area (Å²) in [7, 11) is 1.60. The number of aliphatic carboxylic acids is 1. The van der Waals surface area contributed by atoms with Crippen molar-refractivity contribution in [2.75, 3.05) is 20.1 Å². The maximum Gasteiger partial charge on any atom is 0.323 e. The smallest absolute Gasteiger partial charge is 0.323 e. The lowest BCUT2D eigenvalue weighted by Crippen LogP contribution is -2.47. The highest BCUT2D eigenvalue weighted by atomic mass is 16.4. The second-order valence-electron chi connectivity index (χ2n) is 4.82. The summed E-state index contributed by atoms with van der Waals surface area (Å²) < 4.78 is 0. The summed E-state index contributed by atoms with van der Waals surface area (Å²) in [5.41, 5.74) is 0. The van der Waals surface area contributed by atoms with Crippen molar-refractivity contribution in [3.05, 3.63) is 0 Å². The van der Waals surface area contributed by atoms with Gasteiger partial charge in [-0.2, -0.15) is 5.26 Å². The van der Waals surface area contributed by atoms with Gasteiger partial charge >= 0.3 is 12.0 Å². The lowest BCUT2D eigenvalue weighted by molar-refractivity contribution is -0.137. The number of urea groups is 1. The summed E-state index contributed by atoms with van der Waals surface area (Å²) in [4.78, 5) is 25.7. The van der Waals surface area contributed by atoms with E-state index in [2.05, 4.69) is 0 Å². The first-order chi connectivity index (χ1) is 8.45. The molecule has 0 heterocycles. The first-order valence-corrected chi connectivity index (χ1v) is 6.06. The monoisotopic (exact) mass is 253 g/mol. The average molecular weight is 253 g/mol. The van der Waals surface area contributed by atoms with Gasteiger partial charge in [-0.25, -0.2) is 4.79 Å². The van der Waals surface area contributed by atoms with Crippen LogP contribution in [0.1, 0.15) is 26.2 Å². The van der Waals surface area contributed by atoms with Crippen molar-refractivity contribution in [3.8, 4) is 6.07 Å². The second kappa shape index (κ2) is 6.24. The van der Waals surface area contributed by atoms with Crippen LogP contribution in [0.2, 0.25) is 0 Å². The van der Waals surface area contributed by atoms with Gasteiger partial charge < -0.3 is 14.9 Å². The summed E-state index contributed by atoms with van der Waals surface area (Å²) in [6.45, 7) is 1.99. The number of nitriles is 1. The Bertz CT molecular complexity index is 360. The fourth-order valence-corrected chi connectivity index (χ4v) is 1.67. The number of nitrogens with zero attached hydrogens (tertiary/aromatic N) is 3. The van der Waals surface area contributed by atoms with Crippen LogP contribution < -0.4 is 0 Å². The molecule has 1 aliphatic rings. The Morgan fingerprint density at radius 2 is 2.11 bits per heavy atom. The van der Waals surface area contributed by atoms with Gasteiger partial charge in [0.15, 0.2) is 0 Å². The van der Waals surface area contributed by atoms with E-state index in [1.165, 1.54) is 9.80 Å². The Labute approximate surface area is 107 Å². The van der Waals surface area contributed by atoms with Gasteiger partial charge in [-0.15, -0.1) is 0 Å². The summed E-state index contributed by atoms with van der Waals surface area (Å²) in [6.07, 6.45) is 2.36. The predicted octanol–water partition coefficient (Wildman–Crippen LogP) is 1.14. The maximum atomic E-state index is 12.1. The minimum Gasteiger partial charge on any atom is -0.480 e. The highest BCUT2D eigenvalue weighted by molar-refractivity contribution is 5.80. The average Bonchev–Trinajstić information content (AvgIpc) is 3.10. The molecule has 1 N–H and O–H groups in total. The number of carbonyl (C=O) groups is 2. The van der Waals surface area contributed by atoms with Gasteiger partial charge in [-0.1, -0.05) is 0 Å². The Hall–Kier alpha value is -1.77. The molecule has 0 aromatic heterocycles.